The van der Waals surface area contributed by atoms with Crippen molar-refractivity contribution in [3.05, 3.63) is 48.0 Å². The normalized spacial score (nSPS) is 21.0. The van der Waals surface area contributed by atoms with Crippen LogP contribution in [0.3, 0.4) is 0 Å². The van der Waals surface area contributed by atoms with Crippen LogP contribution in [0.15, 0.2) is 36.5 Å². The molecule has 1 saturated carbocycles. The number of amides is 2. The number of rotatable bonds is 6. The summed E-state index contributed by atoms with van der Waals surface area (Å²) in [6.07, 6.45) is 1.37. The monoisotopic (exact) mass is 481 g/mol. The van der Waals surface area contributed by atoms with E-state index in [2.05, 4.69) is 10.3 Å². The van der Waals surface area contributed by atoms with Gasteiger partial charge in [0.1, 0.15) is 17.9 Å². The summed E-state index contributed by atoms with van der Waals surface area (Å²) >= 11 is 0. The van der Waals surface area contributed by atoms with Crippen molar-refractivity contribution in [3.8, 4) is 11.5 Å². The van der Waals surface area contributed by atoms with Gasteiger partial charge in [0, 0.05) is 24.7 Å². The van der Waals surface area contributed by atoms with Crippen molar-refractivity contribution in [1.29, 1.82) is 0 Å². The maximum Gasteiger partial charge on any atom is 0.267 e. The van der Waals surface area contributed by atoms with Crippen LogP contribution in [0.5, 0.6) is 11.5 Å². The third-order valence-electron chi connectivity index (χ3n) is 5.30. The van der Waals surface area contributed by atoms with Crippen LogP contribution in [-0.2, 0) is 9.53 Å². The van der Waals surface area contributed by atoms with E-state index in [0.29, 0.717) is 12.1 Å². The Morgan fingerprint density at radius 1 is 1.21 bits per heavy atom. The molecule has 0 radical (unpaired) electrons. The van der Waals surface area contributed by atoms with Crippen LogP contribution in [0.4, 0.5) is 18.9 Å². The first-order chi connectivity index (χ1) is 16.1. The maximum atomic E-state index is 13.5. The second-order valence-electron chi connectivity index (χ2n) is 8.07. The molecule has 1 aromatic heterocycles. The first-order valence-electron chi connectivity index (χ1n) is 10.7. The molecular formula is C23H26F3N3O5. The van der Waals surface area contributed by atoms with Gasteiger partial charge < -0.3 is 25.3 Å². The molecule has 1 saturated heterocycles. The van der Waals surface area contributed by atoms with Gasteiger partial charge in [-0.2, -0.15) is 4.39 Å². The number of aromatic nitrogens is 1. The van der Waals surface area contributed by atoms with Crippen molar-refractivity contribution < 1.29 is 37.0 Å². The molecule has 3 N–H and O–H groups in total. The fraction of sp³-hybridized carbons (Fsp3) is 0.435. The first-order valence-corrected chi connectivity index (χ1v) is 10.7. The molecule has 2 unspecified atom stereocenters. The average molecular weight is 481 g/mol. The Morgan fingerprint density at radius 2 is 1.91 bits per heavy atom. The summed E-state index contributed by atoms with van der Waals surface area (Å²) in [4.78, 5) is 26.6. The SMILES string of the molecule is CC1CCC(C(=O)Nc2ccnc(C(N)=O)c2)O1.COc1cccc(OC2CC(F)(F)C2)c1F. The molecule has 184 valence electrons. The Balaban J connectivity index is 0.000000192. The number of methoxy groups -OCH3 is 1. The number of halogens is 3. The van der Waals surface area contributed by atoms with E-state index in [1.165, 1.54) is 31.5 Å². The Morgan fingerprint density at radius 3 is 2.50 bits per heavy atom. The van der Waals surface area contributed by atoms with E-state index in [1.807, 2.05) is 6.92 Å². The van der Waals surface area contributed by atoms with Gasteiger partial charge in [0.05, 0.1) is 13.2 Å². The lowest BCUT2D eigenvalue weighted by Crippen LogP contribution is -2.43. The quantitative estimate of drug-likeness (QED) is 0.651. The number of primary amides is 1. The Labute approximate surface area is 194 Å². The molecule has 11 heteroatoms. The molecule has 8 nitrogen and oxygen atoms in total. The summed E-state index contributed by atoms with van der Waals surface area (Å²) in [5, 5.41) is 2.69. The van der Waals surface area contributed by atoms with E-state index in [9.17, 15) is 22.8 Å². The Hall–Kier alpha value is -3.34. The van der Waals surface area contributed by atoms with Crippen LogP contribution < -0.4 is 20.5 Å². The van der Waals surface area contributed by atoms with Gasteiger partial charge in [-0.05, 0) is 44.0 Å². The van der Waals surface area contributed by atoms with Gasteiger partial charge in [0.2, 0.25) is 5.82 Å². The smallest absolute Gasteiger partial charge is 0.267 e. The zero-order valence-electron chi connectivity index (χ0n) is 18.7. The minimum absolute atomic E-state index is 0.0418. The highest BCUT2D eigenvalue weighted by molar-refractivity contribution is 5.96. The van der Waals surface area contributed by atoms with E-state index in [0.717, 1.165) is 6.42 Å². The number of carbonyl (C=O) groups is 2. The topological polar surface area (TPSA) is 113 Å². The second-order valence-corrected chi connectivity index (χ2v) is 8.07. The number of benzene rings is 1. The summed E-state index contributed by atoms with van der Waals surface area (Å²) in [6.45, 7) is 1.94. The number of carbonyl (C=O) groups excluding carboxylic acids is 2. The lowest BCUT2D eigenvalue weighted by molar-refractivity contribution is -0.135. The van der Waals surface area contributed by atoms with Gasteiger partial charge in [-0.3, -0.25) is 14.6 Å². The molecular weight excluding hydrogens is 455 g/mol. The van der Waals surface area contributed by atoms with E-state index in [1.54, 1.807) is 12.1 Å². The van der Waals surface area contributed by atoms with Crippen LogP contribution in [-0.4, -0.2) is 48.1 Å². The molecule has 2 atom stereocenters. The van der Waals surface area contributed by atoms with Crippen LogP contribution in [0.2, 0.25) is 0 Å². The zero-order chi connectivity index (χ0) is 24.9. The number of ether oxygens (including phenoxy) is 3. The van der Waals surface area contributed by atoms with Crippen LogP contribution >= 0.6 is 0 Å². The molecule has 2 fully saturated rings. The van der Waals surface area contributed by atoms with Crippen LogP contribution in [0.1, 0.15) is 43.1 Å². The van der Waals surface area contributed by atoms with Gasteiger partial charge in [0.15, 0.2) is 11.5 Å². The van der Waals surface area contributed by atoms with Crippen molar-refractivity contribution >= 4 is 17.5 Å². The molecule has 4 rings (SSSR count). The fourth-order valence-corrected chi connectivity index (χ4v) is 3.47. The summed E-state index contributed by atoms with van der Waals surface area (Å²) in [7, 11) is 1.33. The van der Waals surface area contributed by atoms with E-state index >= 15 is 0 Å². The highest BCUT2D eigenvalue weighted by Gasteiger charge is 2.47. The number of alkyl halides is 2. The number of hydrogen-bond acceptors (Lipinski definition) is 6. The summed E-state index contributed by atoms with van der Waals surface area (Å²) in [5.41, 5.74) is 5.73. The molecule has 0 spiro atoms. The van der Waals surface area contributed by atoms with Crippen LogP contribution in [0, 0.1) is 5.82 Å². The highest BCUT2D eigenvalue weighted by Crippen LogP contribution is 2.40. The summed E-state index contributed by atoms with van der Waals surface area (Å²) < 4.78 is 54.0. The lowest BCUT2D eigenvalue weighted by atomic mass is 9.91. The van der Waals surface area contributed by atoms with Crippen molar-refractivity contribution in [2.75, 3.05) is 12.4 Å². The summed E-state index contributed by atoms with van der Waals surface area (Å²) in [5.74, 6) is -4.15. The lowest BCUT2D eigenvalue weighted by Gasteiger charge is -2.34. The Kier molecular flexibility index (Phi) is 7.98. The predicted octanol–water partition coefficient (Wildman–Crippen LogP) is 3.70. The number of hydrogen-bond donors (Lipinski definition) is 2. The van der Waals surface area contributed by atoms with Crippen molar-refractivity contribution in [1.82, 2.24) is 4.98 Å². The van der Waals surface area contributed by atoms with Crippen molar-refractivity contribution in [2.24, 2.45) is 5.73 Å². The number of anilines is 1. The van der Waals surface area contributed by atoms with Gasteiger partial charge in [-0.25, -0.2) is 8.78 Å². The minimum atomic E-state index is -2.67. The third-order valence-corrected chi connectivity index (χ3v) is 5.30. The van der Waals surface area contributed by atoms with E-state index in [4.69, 9.17) is 19.9 Å². The fourth-order valence-electron chi connectivity index (χ4n) is 3.47. The second kappa shape index (κ2) is 10.7. The van der Waals surface area contributed by atoms with E-state index < -0.39 is 29.9 Å². The van der Waals surface area contributed by atoms with Crippen molar-refractivity contribution in [3.63, 3.8) is 0 Å². The van der Waals surface area contributed by atoms with Crippen molar-refractivity contribution in [2.45, 2.75) is 56.8 Å². The number of pyridine rings is 1. The number of nitrogens with zero attached hydrogens (tertiary/aromatic N) is 1. The zero-order valence-corrected chi connectivity index (χ0v) is 18.7. The Bertz CT molecular complexity index is 1030. The first kappa shape index (κ1) is 25.3. The molecule has 2 amide bonds. The minimum Gasteiger partial charge on any atom is -0.494 e. The molecule has 1 aliphatic carbocycles. The highest BCUT2D eigenvalue weighted by atomic mass is 19.3. The largest absolute Gasteiger partial charge is 0.494 e. The summed E-state index contributed by atoms with van der Waals surface area (Å²) in [6, 6.07) is 7.43. The molecule has 34 heavy (non-hydrogen) atoms. The molecule has 1 aromatic carbocycles. The molecule has 0 bridgehead atoms. The molecule has 2 heterocycles. The standard InChI is InChI=1S/C12H15N3O3.C11H11F3O2/c1-7-2-3-10(18-7)12(17)15-8-4-5-14-9(6-8)11(13)16;1-15-8-3-2-4-9(10(8)12)16-7-5-11(13,14)6-7/h4-7,10H,2-3H2,1H3,(H2,13,16)(H,14,15,17);2-4,7H,5-6H2,1H3. The number of nitrogens with one attached hydrogen (secondary N) is 1. The molecule has 2 aromatic rings. The van der Waals surface area contributed by atoms with Gasteiger partial charge in [-0.15, -0.1) is 0 Å². The van der Waals surface area contributed by atoms with E-state index in [-0.39, 0.29) is 42.0 Å². The maximum absolute atomic E-state index is 13.5. The predicted molar refractivity (Wildman–Crippen MR) is 117 cm³/mol. The average Bonchev–Trinajstić information content (AvgIpc) is 3.21. The van der Waals surface area contributed by atoms with Crippen LogP contribution in [0.25, 0.3) is 0 Å². The number of nitrogens with two attached hydrogens (primary N) is 1. The third kappa shape index (κ3) is 6.60. The van der Waals surface area contributed by atoms with Gasteiger partial charge >= 0.3 is 0 Å². The molecule has 1 aliphatic heterocycles. The van der Waals surface area contributed by atoms with Gasteiger partial charge in [-0.1, -0.05) is 6.07 Å². The molecule has 2 aliphatic rings. The van der Waals surface area contributed by atoms with Gasteiger partial charge in [0.25, 0.3) is 17.7 Å².